The lowest BCUT2D eigenvalue weighted by Gasteiger charge is -2.39. The molecular formula is C13H27NO2S2. The molecule has 1 saturated heterocycles. The summed E-state index contributed by atoms with van der Waals surface area (Å²) in [7, 11) is -2.76. The number of sulfone groups is 1. The van der Waals surface area contributed by atoms with E-state index in [4.69, 9.17) is 0 Å². The highest BCUT2D eigenvalue weighted by atomic mass is 32.2. The average molecular weight is 293 g/mol. The summed E-state index contributed by atoms with van der Waals surface area (Å²) >= 11 is 4.56. The Hall–Kier alpha value is 0.260. The molecule has 1 aliphatic heterocycles. The second-order valence-corrected chi connectivity index (χ2v) is 8.21. The molecule has 0 aliphatic carbocycles. The molecular weight excluding hydrogens is 266 g/mol. The third-order valence-corrected chi connectivity index (χ3v) is 6.17. The van der Waals surface area contributed by atoms with Gasteiger partial charge >= 0.3 is 0 Å². The smallest absolute Gasteiger partial charge is 0.152 e. The van der Waals surface area contributed by atoms with Gasteiger partial charge in [-0.1, -0.05) is 26.7 Å². The minimum Gasteiger partial charge on any atom is -0.301 e. The Morgan fingerprint density at radius 1 is 1.11 bits per heavy atom. The minimum absolute atomic E-state index is 0.272. The van der Waals surface area contributed by atoms with E-state index in [0.29, 0.717) is 24.6 Å². The Morgan fingerprint density at radius 2 is 1.61 bits per heavy atom. The lowest BCUT2D eigenvalue weighted by Crippen LogP contribution is -2.46. The monoisotopic (exact) mass is 293 g/mol. The lowest BCUT2D eigenvalue weighted by atomic mass is 9.80. The first-order chi connectivity index (χ1) is 8.47. The normalized spacial score (nSPS) is 21.1. The van der Waals surface area contributed by atoms with Crippen LogP contribution in [0.15, 0.2) is 0 Å². The van der Waals surface area contributed by atoms with Gasteiger partial charge in [0.15, 0.2) is 9.84 Å². The SMILES string of the molecule is CCCC(CS)(CCC)CN1CCS(=O)(=O)CC1. The van der Waals surface area contributed by atoms with Gasteiger partial charge in [0.2, 0.25) is 0 Å². The topological polar surface area (TPSA) is 37.4 Å². The molecule has 0 aromatic carbocycles. The first-order valence-corrected chi connectivity index (χ1v) is 9.46. The molecule has 0 aromatic heterocycles. The van der Waals surface area contributed by atoms with E-state index < -0.39 is 9.84 Å². The van der Waals surface area contributed by atoms with Crippen LogP contribution >= 0.6 is 12.6 Å². The molecule has 0 aromatic rings. The van der Waals surface area contributed by atoms with Gasteiger partial charge in [0, 0.05) is 19.6 Å². The molecule has 0 bridgehead atoms. The first kappa shape index (κ1) is 16.3. The molecule has 0 unspecified atom stereocenters. The molecule has 1 aliphatic rings. The van der Waals surface area contributed by atoms with Crippen LogP contribution in [-0.4, -0.2) is 50.2 Å². The highest BCUT2D eigenvalue weighted by Crippen LogP contribution is 2.32. The second-order valence-electron chi connectivity index (χ2n) is 5.59. The zero-order valence-electron chi connectivity index (χ0n) is 11.7. The standard InChI is InChI=1S/C13H27NO2S2/c1-3-5-13(12-17,6-4-2)11-14-7-9-18(15,16)10-8-14/h17H,3-12H2,1-2H3. The molecule has 0 radical (unpaired) electrons. The molecule has 0 atom stereocenters. The van der Waals surface area contributed by atoms with E-state index in [0.717, 1.165) is 12.3 Å². The predicted molar refractivity (Wildman–Crippen MR) is 81.2 cm³/mol. The molecule has 0 amide bonds. The largest absolute Gasteiger partial charge is 0.301 e. The molecule has 1 heterocycles. The van der Waals surface area contributed by atoms with E-state index in [1.165, 1.54) is 25.7 Å². The lowest BCUT2D eigenvalue weighted by molar-refractivity contribution is 0.154. The van der Waals surface area contributed by atoms with Gasteiger partial charge in [0.05, 0.1) is 11.5 Å². The third kappa shape index (κ3) is 4.74. The molecule has 3 nitrogen and oxygen atoms in total. The third-order valence-electron chi connectivity index (χ3n) is 3.89. The highest BCUT2D eigenvalue weighted by molar-refractivity contribution is 7.91. The Balaban J connectivity index is 2.61. The second kappa shape index (κ2) is 7.15. The van der Waals surface area contributed by atoms with Gasteiger partial charge < -0.3 is 4.90 Å². The summed E-state index contributed by atoms with van der Waals surface area (Å²) in [4.78, 5) is 2.32. The molecule has 0 saturated carbocycles. The number of nitrogens with zero attached hydrogens (tertiary/aromatic N) is 1. The van der Waals surface area contributed by atoms with Crippen molar-refractivity contribution in [3.8, 4) is 0 Å². The van der Waals surface area contributed by atoms with Gasteiger partial charge in [-0.05, 0) is 24.0 Å². The highest BCUT2D eigenvalue weighted by Gasteiger charge is 2.31. The van der Waals surface area contributed by atoms with Crippen molar-refractivity contribution in [3.63, 3.8) is 0 Å². The summed E-state index contributed by atoms with van der Waals surface area (Å²) in [5.74, 6) is 1.56. The quantitative estimate of drug-likeness (QED) is 0.732. The van der Waals surface area contributed by atoms with Crippen LogP contribution in [0.1, 0.15) is 39.5 Å². The van der Waals surface area contributed by atoms with Crippen LogP contribution in [0.25, 0.3) is 0 Å². The van der Waals surface area contributed by atoms with Gasteiger partial charge in [-0.2, -0.15) is 12.6 Å². The van der Waals surface area contributed by atoms with Crippen LogP contribution in [-0.2, 0) is 9.84 Å². The van der Waals surface area contributed by atoms with Crippen LogP contribution in [0.2, 0.25) is 0 Å². The van der Waals surface area contributed by atoms with E-state index in [2.05, 4.69) is 31.4 Å². The van der Waals surface area contributed by atoms with Crippen LogP contribution in [0.3, 0.4) is 0 Å². The van der Waals surface area contributed by atoms with Crippen LogP contribution < -0.4 is 0 Å². The zero-order valence-corrected chi connectivity index (χ0v) is 13.4. The number of hydrogen-bond donors (Lipinski definition) is 1. The van der Waals surface area contributed by atoms with Crippen molar-refractivity contribution in [2.75, 3.05) is 36.9 Å². The summed E-state index contributed by atoms with van der Waals surface area (Å²) in [6.45, 7) is 6.84. The fourth-order valence-electron chi connectivity index (χ4n) is 2.93. The Bertz CT molecular complexity index is 321. The summed E-state index contributed by atoms with van der Waals surface area (Å²) in [5.41, 5.74) is 0.272. The molecule has 1 fully saturated rings. The fourth-order valence-corrected chi connectivity index (χ4v) is 4.63. The fraction of sp³-hybridized carbons (Fsp3) is 1.00. The van der Waals surface area contributed by atoms with Gasteiger partial charge in [0.25, 0.3) is 0 Å². The van der Waals surface area contributed by atoms with Crippen molar-refractivity contribution in [1.29, 1.82) is 0 Å². The summed E-state index contributed by atoms with van der Waals surface area (Å²) in [6.07, 6.45) is 4.72. The van der Waals surface area contributed by atoms with Gasteiger partial charge in [0.1, 0.15) is 0 Å². The molecule has 108 valence electrons. The molecule has 0 spiro atoms. The van der Waals surface area contributed by atoms with Crippen molar-refractivity contribution in [3.05, 3.63) is 0 Å². The molecule has 0 N–H and O–H groups in total. The Labute approximate surface area is 118 Å². The maximum Gasteiger partial charge on any atom is 0.152 e. The van der Waals surface area contributed by atoms with Crippen molar-refractivity contribution in [2.45, 2.75) is 39.5 Å². The molecule has 5 heteroatoms. The maximum absolute atomic E-state index is 11.4. The summed E-state index contributed by atoms with van der Waals surface area (Å²) < 4.78 is 22.9. The first-order valence-electron chi connectivity index (χ1n) is 7.00. The summed E-state index contributed by atoms with van der Waals surface area (Å²) in [6, 6.07) is 0. The number of thiol groups is 1. The predicted octanol–water partition coefficient (Wildman–Crippen LogP) is 2.23. The maximum atomic E-state index is 11.4. The van der Waals surface area contributed by atoms with Gasteiger partial charge in [-0.15, -0.1) is 0 Å². The molecule has 18 heavy (non-hydrogen) atoms. The van der Waals surface area contributed by atoms with Crippen molar-refractivity contribution < 1.29 is 8.42 Å². The van der Waals surface area contributed by atoms with E-state index in [1.807, 2.05) is 0 Å². The van der Waals surface area contributed by atoms with Crippen LogP contribution in [0.4, 0.5) is 0 Å². The van der Waals surface area contributed by atoms with Crippen LogP contribution in [0.5, 0.6) is 0 Å². The van der Waals surface area contributed by atoms with E-state index in [9.17, 15) is 8.42 Å². The number of hydrogen-bond acceptors (Lipinski definition) is 4. The van der Waals surface area contributed by atoms with E-state index in [-0.39, 0.29) is 5.41 Å². The van der Waals surface area contributed by atoms with Gasteiger partial charge in [-0.3, -0.25) is 0 Å². The van der Waals surface area contributed by atoms with Crippen molar-refractivity contribution in [2.24, 2.45) is 5.41 Å². The number of rotatable bonds is 7. The Kier molecular flexibility index (Phi) is 6.48. The van der Waals surface area contributed by atoms with E-state index in [1.54, 1.807) is 0 Å². The average Bonchev–Trinajstić information content (AvgIpc) is 2.32. The van der Waals surface area contributed by atoms with E-state index >= 15 is 0 Å². The zero-order chi connectivity index (χ0) is 13.6. The summed E-state index contributed by atoms with van der Waals surface area (Å²) in [5, 5.41) is 0. The minimum atomic E-state index is -2.76. The van der Waals surface area contributed by atoms with Gasteiger partial charge in [-0.25, -0.2) is 8.42 Å². The Morgan fingerprint density at radius 3 is 2.00 bits per heavy atom. The molecule has 1 rings (SSSR count). The van der Waals surface area contributed by atoms with Crippen molar-refractivity contribution >= 4 is 22.5 Å². The van der Waals surface area contributed by atoms with Crippen LogP contribution in [0, 0.1) is 5.41 Å². The van der Waals surface area contributed by atoms with Crippen molar-refractivity contribution in [1.82, 2.24) is 4.90 Å².